The first-order valence-corrected chi connectivity index (χ1v) is 10.2. The molecule has 2 heterocycles. The first-order valence-electron chi connectivity index (χ1n) is 10.2. The fraction of sp³-hybridized carbons (Fsp3) is 0.591. The molecule has 0 radical (unpaired) electrons. The molecule has 4 nitrogen and oxygen atoms in total. The molecule has 140 valence electrons. The summed E-state index contributed by atoms with van der Waals surface area (Å²) in [5, 5.41) is 14.7. The predicted molar refractivity (Wildman–Crippen MR) is 105 cm³/mol. The lowest BCUT2D eigenvalue weighted by molar-refractivity contribution is 0.0669. The molecule has 0 spiro atoms. The molecular formula is C22H31N3O. The van der Waals surface area contributed by atoms with Crippen LogP contribution in [0.25, 0.3) is 11.3 Å². The van der Waals surface area contributed by atoms with Gasteiger partial charge in [-0.1, -0.05) is 43.5 Å². The van der Waals surface area contributed by atoms with Crippen LogP contribution in [0.5, 0.6) is 0 Å². The number of β-amino-alcohol motifs (C(OH)–C–C–N with tert-alkyl or cyclic N) is 1. The molecule has 4 rings (SSSR count). The van der Waals surface area contributed by atoms with Crippen molar-refractivity contribution in [1.29, 1.82) is 0 Å². The number of rotatable bonds is 4. The Labute approximate surface area is 156 Å². The number of benzene rings is 1. The Morgan fingerprint density at radius 3 is 2.54 bits per heavy atom. The van der Waals surface area contributed by atoms with E-state index in [9.17, 15) is 5.11 Å². The van der Waals surface area contributed by atoms with E-state index in [4.69, 9.17) is 5.10 Å². The Balaban J connectivity index is 1.52. The molecule has 1 aliphatic heterocycles. The maximum absolute atomic E-state index is 9.94. The summed E-state index contributed by atoms with van der Waals surface area (Å²) in [5.41, 5.74) is 5.04. The van der Waals surface area contributed by atoms with Crippen molar-refractivity contribution in [2.45, 2.75) is 63.5 Å². The number of likely N-dealkylation sites (tertiary alicyclic amines) is 1. The van der Waals surface area contributed by atoms with Gasteiger partial charge in [-0.25, -0.2) is 0 Å². The number of aliphatic hydroxyl groups is 1. The molecule has 1 N–H and O–H groups in total. The van der Waals surface area contributed by atoms with Crippen molar-refractivity contribution in [1.82, 2.24) is 14.7 Å². The SMILES string of the molecule is Cn1cc(CN2CCCC(O)C2)c(-c2ccc(C3CCCCC3)cc2)n1. The summed E-state index contributed by atoms with van der Waals surface area (Å²) in [6, 6.07) is 9.13. The largest absolute Gasteiger partial charge is 0.392 e. The number of aliphatic hydroxyl groups excluding tert-OH is 1. The van der Waals surface area contributed by atoms with Gasteiger partial charge >= 0.3 is 0 Å². The van der Waals surface area contributed by atoms with Crippen LogP contribution in [-0.2, 0) is 13.6 Å². The summed E-state index contributed by atoms with van der Waals surface area (Å²) in [6.45, 7) is 2.70. The number of hydrogen-bond donors (Lipinski definition) is 1. The summed E-state index contributed by atoms with van der Waals surface area (Å²) in [6.07, 6.45) is 10.8. The van der Waals surface area contributed by atoms with Gasteiger partial charge in [-0.2, -0.15) is 5.10 Å². The molecular weight excluding hydrogens is 322 g/mol. The molecule has 0 bridgehead atoms. The molecule has 4 heteroatoms. The Kier molecular flexibility index (Phi) is 5.41. The summed E-state index contributed by atoms with van der Waals surface area (Å²) in [7, 11) is 1.99. The zero-order chi connectivity index (χ0) is 17.9. The van der Waals surface area contributed by atoms with E-state index < -0.39 is 0 Å². The van der Waals surface area contributed by atoms with Gasteiger partial charge in [0.15, 0.2) is 0 Å². The van der Waals surface area contributed by atoms with Gasteiger partial charge in [-0.3, -0.25) is 9.58 Å². The maximum atomic E-state index is 9.94. The van der Waals surface area contributed by atoms with Crippen LogP contribution in [0.2, 0.25) is 0 Å². The highest BCUT2D eigenvalue weighted by atomic mass is 16.3. The van der Waals surface area contributed by atoms with Gasteiger partial charge in [0.2, 0.25) is 0 Å². The van der Waals surface area contributed by atoms with Crippen LogP contribution in [0.4, 0.5) is 0 Å². The zero-order valence-corrected chi connectivity index (χ0v) is 15.9. The number of aryl methyl sites for hydroxylation is 1. The van der Waals surface area contributed by atoms with E-state index in [1.165, 1.54) is 48.8 Å². The van der Waals surface area contributed by atoms with Crippen LogP contribution in [0.15, 0.2) is 30.5 Å². The predicted octanol–water partition coefficient (Wildman–Crippen LogP) is 4.09. The van der Waals surface area contributed by atoms with Gasteiger partial charge in [-0.05, 0) is 43.7 Å². The minimum atomic E-state index is -0.182. The van der Waals surface area contributed by atoms with E-state index in [1.807, 2.05) is 11.7 Å². The Bertz CT molecular complexity index is 715. The van der Waals surface area contributed by atoms with Crippen LogP contribution < -0.4 is 0 Å². The molecule has 1 aromatic heterocycles. The maximum Gasteiger partial charge on any atom is 0.0968 e. The monoisotopic (exact) mass is 353 g/mol. The van der Waals surface area contributed by atoms with Crippen molar-refractivity contribution >= 4 is 0 Å². The topological polar surface area (TPSA) is 41.3 Å². The molecule has 2 aromatic rings. The van der Waals surface area contributed by atoms with Gasteiger partial charge in [0, 0.05) is 37.5 Å². The minimum absolute atomic E-state index is 0.182. The summed E-state index contributed by atoms with van der Waals surface area (Å²) in [4.78, 5) is 2.35. The van der Waals surface area contributed by atoms with Gasteiger partial charge in [0.1, 0.15) is 0 Å². The molecule has 1 aliphatic carbocycles. The minimum Gasteiger partial charge on any atom is -0.392 e. The molecule has 2 aliphatic rings. The molecule has 2 fully saturated rings. The van der Waals surface area contributed by atoms with Crippen LogP contribution in [-0.4, -0.2) is 39.0 Å². The lowest BCUT2D eigenvalue weighted by atomic mass is 9.84. The normalized spacial score (nSPS) is 22.6. The van der Waals surface area contributed by atoms with E-state index >= 15 is 0 Å². The molecule has 1 unspecified atom stereocenters. The van der Waals surface area contributed by atoms with Gasteiger partial charge in [0.25, 0.3) is 0 Å². The fourth-order valence-corrected chi connectivity index (χ4v) is 4.66. The van der Waals surface area contributed by atoms with Gasteiger partial charge < -0.3 is 5.11 Å². The van der Waals surface area contributed by atoms with Crippen LogP contribution in [0, 0.1) is 0 Å². The van der Waals surface area contributed by atoms with E-state index in [-0.39, 0.29) is 6.10 Å². The zero-order valence-electron chi connectivity index (χ0n) is 15.9. The van der Waals surface area contributed by atoms with Gasteiger partial charge in [0.05, 0.1) is 11.8 Å². The molecule has 1 saturated carbocycles. The van der Waals surface area contributed by atoms with Crippen LogP contribution >= 0.6 is 0 Å². The number of aromatic nitrogens is 2. The van der Waals surface area contributed by atoms with E-state index in [0.29, 0.717) is 0 Å². The van der Waals surface area contributed by atoms with Crippen molar-refractivity contribution in [3.05, 3.63) is 41.6 Å². The second-order valence-electron chi connectivity index (χ2n) is 8.16. The molecule has 1 aromatic carbocycles. The van der Waals surface area contributed by atoms with Crippen molar-refractivity contribution in [3.63, 3.8) is 0 Å². The highest BCUT2D eigenvalue weighted by molar-refractivity contribution is 5.63. The fourth-order valence-electron chi connectivity index (χ4n) is 4.66. The number of piperidine rings is 1. The Morgan fingerprint density at radius 1 is 1.04 bits per heavy atom. The Morgan fingerprint density at radius 2 is 1.81 bits per heavy atom. The number of nitrogens with zero attached hydrogens (tertiary/aromatic N) is 3. The van der Waals surface area contributed by atoms with Crippen molar-refractivity contribution in [2.24, 2.45) is 7.05 Å². The molecule has 26 heavy (non-hydrogen) atoms. The second-order valence-corrected chi connectivity index (χ2v) is 8.16. The number of hydrogen-bond acceptors (Lipinski definition) is 3. The summed E-state index contributed by atoms with van der Waals surface area (Å²) < 4.78 is 1.92. The third kappa shape index (κ3) is 4.02. The van der Waals surface area contributed by atoms with Crippen LogP contribution in [0.1, 0.15) is 62.0 Å². The summed E-state index contributed by atoms with van der Waals surface area (Å²) in [5.74, 6) is 0.746. The highest BCUT2D eigenvalue weighted by Gasteiger charge is 2.21. The van der Waals surface area contributed by atoms with Crippen molar-refractivity contribution in [2.75, 3.05) is 13.1 Å². The lowest BCUT2D eigenvalue weighted by Gasteiger charge is -2.29. The quantitative estimate of drug-likeness (QED) is 0.900. The van der Waals surface area contributed by atoms with Crippen LogP contribution in [0.3, 0.4) is 0 Å². The average Bonchev–Trinajstić information content (AvgIpc) is 3.03. The van der Waals surface area contributed by atoms with E-state index in [0.717, 1.165) is 44.1 Å². The second kappa shape index (κ2) is 7.93. The average molecular weight is 354 g/mol. The molecule has 1 atom stereocenters. The summed E-state index contributed by atoms with van der Waals surface area (Å²) >= 11 is 0. The van der Waals surface area contributed by atoms with E-state index in [2.05, 4.69) is 35.4 Å². The highest BCUT2D eigenvalue weighted by Crippen LogP contribution is 2.34. The van der Waals surface area contributed by atoms with Crippen molar-refractivity contribution in [3.8, 4) is 11.3 Å². The third-order valence-electron chi connectivity index (χ3n) is 6.04. The first kappa shape index (κ1) is 17.7. The molecule has 1 saturated heterocycles. The Hall–Kier alpha value is -1.65. The van der Waals surface area contributed by atoms with Crippen molar-refractivity contribution < 1.29 is 5.11 Å². The third-order valence-corrected chi connectivity index (χ3v) is 6.04. The lowest BCUT2D eigenvalue weighted by Crippen LogP contribution is -2.37. The standard InChI is InChI=1S/C22H31N3O/c1-24-14-20(15-25-13-5-8-21(26)16-25)22(23-24)19-11-9-18(10-12-19)17-6-3-2-4-7-17/h9-12,14,17,21,26H,2-8,13,15-16H2,1H3. The van der Waals surface area contributed by atoms with Gasteiger partial charge in [-0.15, -0.1) is 0 Å². The smallest absolute Gasteiger partial charge is 0.0968 e. The molecule has 0 amide bonds. The van der Waals surface area contributed by atoms with E-state index in [1.54, 1.807) is 0 Å². The first-order chi connectivity index (χ1) is 12.7.